The molecule has 0 N–H and O–H groups in total. The van der Waals surface area contributed by atoms with Crippen LogP contribution >= 0.6 is 35.7 Å². The number of hydrogen-bond donors (Lipinski definition) is 0. The summed E-state index contributed by atoms with van der Waals surface area (Å²) in [5, 5.41) is 0.762. The minimum atomic E-state index is 0.762. The number of rotatable bonds is 0. The SMILES string of the molecule is C[C@@H]1CSC(=S)S1. The molecule has 0 amide bonds. The number of thiocarbonyl (C=S) groups is 1. The molecule has 7 heavy (non-hydrogen) atoms. The molecule has 0 radical (unpaired) electrons. The molecule has 0 bridgehead atoms. The fraction of sp³-hybridized carbons (Fsp3) is 0.750. The quantitative estimate of drug-likeness (QED) is 0.486. The van der Waals surface area contributed by atoms with E-state index in [0.717, 1.165) is 8.78 Å². The van der Waals surface area contributed by atoms with Gasteiger partial charge < -0.3 is 0 Å². The van der Waals surface area contributed by atoms with E-state index >= 15 is 0 Å². The number of hydrogen-bond acceptors (Lipinski definition) is 3. The van der Waals surface area contributed by atoms with Crippen molar-refractivity contribution in [1.29, 1.82) is 0 Å². The summed E-state index contributed by atoms with van der Waals surface area (Å²) in [5.74, 6) is 1.21. The van der Waals surface area contributed by atoms with Crippen molar-refractivity contribution >= 4 is 39.3 Å². The zero-order chi connectivity index (χ0) is 5.28. The fourth-order valence-corrected chi connectivity index (χ4v) is 3.26. The summed E-state index contributed by atoms with van der Waals surface area (Å²) in [7, 11) is 0. The standard InChI is InChI=1S/C4H6S3/c1-3-2-6-4(5)7-3/h3H,2H2,1H3/t3-/m1/s1. The lowest BCUT2D eigenvalue weighted by Crippen LogP contribution is -1.88. The van der Waals surface area contributed by atoms with Gasteiger partial charge in [-0.1, -0.05) is 19.1 Å². The zero-order valence-electron chi connectivity index (χ0n) is 4.01. The maximum atomic E-state index is 4.92. The highest BCUT2D eigenvalue weighted by Gasteiger charge is 2.14. The van der Waals surface area contributed by atoms with Gasteiger partial charge in [-0.05, 0) is 0 Å². The molecule has 0 saturated carbocycles. The van der Waals surface area contributed by atoms with Crippen LogP contribution in [0.1, 0.15) is 6.92 Å². The maximum Gasteiger partial charge on any atom is 0.104 e. The molecule has 0 aromatic heterocycles. The molecule has 1 saturated heterocycles. The summed E-state index contributed by atoms with van der Waals surface area (Å²) in [4.78, 5) is 0. The van der Waals surface area contributed by atoms with Crippen LogP contribution < -0.4 is 0 Å². The van der Waals surface area contributed by atoms with Gasteiger partial charge in [-0.3, -0.25) is 0 Å². The normalized spacial score (nSPS) is 31.6. The minimum Gasteiger partial charge on any atom is -0.107 e. The van der Waals surface area contributed by atoms with E-state index in [4.69, 9.17) is 12.2 Å². The lowest BCUT2D eigenvalue weighted by atomic mass is 10.6. The average Bonchev–Trinajstić information content (AvgIpc) is 1.87. The summed E-state index contributed by atoms with van der Waals surface area (Å²) < 4.78 is 1.12. The van der Waals surface area contributed by atoms with Crippen LogP contribution in [-0.4, -0.2) is 14.5 Å². The van der Waals surface area contributed by atoms with E-state index in [0.29, 0.717) is 0 Å². The molecule has 0 spiro atoms. The third kappa shape index (κ3) is 1.63. The molecule has 0 aliphatic carbocycles. The molecular weight excluding hydrogens is 144 g/mol. The van der Waals surface area contributed by atoms with E-state index in [9.17, 15) is 0 Å². The van der Waals surface area contributed by atoms with Crippen LogP contribution in [0.15, 0.2) is 0 Å². The van der Waals surface area contributed by atoms with Crippen molar-refractivity contribution in [3.8, 4) is 0 Å². The van der Waals surface area contributed by atoms with Crippen LogP contribution in [0, 0.1) is 0 Å². The van der Waals surface area contributed by atoms with Gasteiger partial charge in [-0.15, -0.1) is 23.5 Å². The van der Waals surface area contributed by atoms with Gasteiger partial charge in [-0.25, -0.2) is 0 Å². The van der Waals surface area contributed by atoms with Crippen LogP contribution in [0.3, 0.4) is 0 Å². The first kappa shape index (κ1) is 5.92. The molecule has 0 nitrogen and oxygen atoms in total. The van der Waals surface area contributed by atoms with Crippen molar-refractivity contribution in [3.63, 3.8) is 0 Å². The Kier molecular flexibility index (Phi) is 2.01. The van der Waals surface area contributed by atoms with E-state index < -0.39 is 0 Å². The smallest absolute Gasteiger partial charge is 0.104 e. The summed E-state index contributed by atoms with van der Waals surface area (Å²) in [6.07, 6.45) is 0. The van der Waals surface area contributed by atoms with Gasteiger partial charge in [0.05, 0.1) is 0 Å². The summed E-state index contributed by atoms with van der Waals surface area (Å²) >= 11 is 8.54. The highest BCUT2D eigenvalue weighted by atomic mass is 32.2. The predicted molar refractivity (Wildman–Crippen MR) is 42.1 cm³/mol. The van der Waals surface area contributed by atoms with Crippen molar-refractivity contribution < 1.29 is 0 Å². The summed E-state index contributed by atoms with van der Waals surface area (Å²) in [5.41, 5.74) is 0. The Labute approximate surface area is 57.4 Å². The molecule has 40 valence electrons. The van der Waals surface area contributed by atoms with Crippen molar-refractivity contribution in [2.45, 2.75) is 12.2 Å². The van der Waals surface area contributed by atoms with Gasteiger partial charge in [0.15, 0.2) is 0 Å². The molecule has 1 aliphatic rings. The Hall–Kier alpha value is 0.790. The van der Waals surface area contributed by atoms with Gasteiger partial charge in [0.2, 0.25) is 0 Å². The first-order valence-corrected chi connectivity index (χ1v) is 4.40. The Balaban J connectivity index is 2.40. The first-order valence-electron chi connectivity index (χ1n) is 2.12. The van der Waals surface area contributed by atoms with E-state index in [1.54, 1.807) is 11.8 Å². The molecule has 3 heteroatoms. The van der Waals surface area contributed by atoms with Gasteiger partial charge in [0.25, 0.3) is 0 Å². The molecule has 0 unspecified atom stereocenters. The topological polar surface area (TPSA) is 0 Å². The lowest BCUT2D eigenvalue weighted by molar-refractivity contribution is 1.15. The Bertz CT molecular complexity index is 88.9. The Morgan fingerprint density at radius 1 is 1.86 bits per heavy atom. The second-order valence-electron chi connectivity index (χ2n) is 1.49. The van der Waals surface area contributed by atoms with Crippen LogP contribution in [-0.2, 0) is 0 Å². The van der Waals surface area contributed by atoms with E-state index in [1.807, 2.05) is 11.8 Å². The number of thioether (sulfide) groups is 2. The third-order valence-electron chi connectivity index (χ3n) is 0.733. The van der Waals surface area contributed by atoms with E-state index in [2.05, 4.69) is 6.92 Å². The fourth-order valence-electron chi connectivity index (χ4n) is 0.418. The monoisotopic (exact) mass is 150 g/mol. The molecular formula is C4H6S3. The van der Waals surface area contributed by atoms with Crippen LogP contribution in [0.25, 0.3) is 0 Å². The zero-order valence-corrected chi connectivity index (χ0v) is 6.46. The molecule has 0 aromatic rings. The van der Waals surface area contributed by atoms with Crippen molar-refractivity contribution in [2.24, 2.45) is 0 Å². The molecule has 1 atom stereocenters. The van der Waals surface area contributed by atoms with Crippen molar-refractivity contribution in [2.75, 3.05) is 5.75 Å². The molecule has 1 aliphatic heterocycles. The van der Waals surface area contributed by atoms with Crippen LogP contribution in [0.5, 0.6) is 0 Å². The van der Waals surface area contributed by atoms with E-state index in [-0.39, 0.29) is 0 Å². The van der Waals surface area contributed by atoms with Gasteiger partial charge in [0.1, 0.15) is 3.53 Å². The van der Waals surface area contributed by atoms with Crippen LogP contribution in [0.2, 0.25) is 0 Å². The van der Waals surface area contributed by atoms with Crippen molar-refractivity contribution in [3.05, 3.63) is 0 Å². The summed E-state index contributed by atoms with van der Waals surface area (Å²) in [6.45, 7) is 2.21. The lowest BCUT2D eigenvalue weighted by Gasteiger charge is -1.89. The van der Waals surface area contributed by atoms with Crippen molar-refractivity contribution in [1.82, 2.24) is 0 Å². The second-order valence-corrected chi connectivity index (χ2v) is 5.15. The first-order chi connectivity index (χ1) is 3.29. The average molecular weight is 150 g/mol. The summed E-state index contributed by atoms with van der Waals surface area (Å²) in [6, 6.07) is 0. The molecule has 1 heterocycles. The highest BCUT2D eigenvalue weighted by molar-refractivity contribution is 8.49. The van der Waals surface area contributed by atoms with Gasteiger partial charge >= 0.3 is 0 Å². The van der Waals surface area contributed by atoms with Crippen LogP contribution in [0.4, 0.5) is 0 Å². The third-order valence-corrected chi connectivity index (χ3v) is 3.89. The van der Waals surface area contributed by atoms with Gasteiger partial charge in [-0.2, -0.15) is 0 Å². The highest BCUT2D eigenvalue weighted by Crippen LogP contribution is 2.31. The Morgan fingerprint density at radius 3 is 2.71 bits per heavy atom. The second kappa shape index (κ2) is 2.37. The van der Waals surface area contributed by atoms with E-state index in [1.165, 1.54) is 5.75 Å². The Morgan fingerprint density at radius 2 is 2.57 bits per heavy atom. The largest absolute Gasteiger partial charge is 0.107 e. The van der Waals surface area contributed by atoms with Gasteiger partial charge in [0, 0.05) is 11.0 Å². The maximum absolute atomic E-state index is 4.92. The molecule has 1 fully saturated rings. The molecule has 0 aromatic carbocycles. The minimum absolute atomic E-state index is 0.762. The predicted octanol–water partition coefficient (Wildman–Crippen LogP) is 2.14. The molecule has 1 rings (SSSR count).